The molecule has 0 aromatic heterocycles. The quantitative estimate of drug-likeness (QED) is 0.483. The summed E-state index contributed by atoms with van der Waals surface area (Å²) >= 11 is 5.11. The van der Waals surface area contributed by atoms with E-state index in [1.807, 2.05) is 6.92 Å². The molecule has 0 aliphatic carbocycles. The average Bonchev–Trinajstić information content (AvgIpc) is 2.31. The van der Waals surface area contributed by atoms with Crippen molar-refractivity contribution in [1.82, 2.24) is 5.32 Å². The minimum Gasteiger partial charge on any atom is -0.379 e. The molecule has 1 rings (SSSR count). The van der Waals surface area contributed by atoms with Crippen LogP contribution in [0, 0.1) is 5.92 Å². The van der Waals surface area contributed by atoms with Crippen LogP contribution in [0.5, 0.6) is 0 Å². The molecule has 0 saturated carbocycles. The van der Waals surface area contributed by atoms with E-state index in [0.717, 1.165) is 18.0 Å². The maximum absolute atomic E-state index is 5.11. The van der Waals surface area contributed by atoms with Crippen molar-refractivity contribution >= 4 is 17.2 Å². The third-order valence-corrected chi connectivity index (χ3v) is 2.30. The van der Waals surface area contributed by atoms with E-state index in [9.17, 15) is 0 Å². The van der Waals surface area contributed by atoms with Gasteiger partial charge in [-0.2, -0.15) is 0 Å². The summed E-state index contributed by atoms with van der Waals surface area (Å²) in [5.41, 5.74) is 0. The zero-order valence-electron chi connectivity index (χ0n) is 6.26. The fraction of sp³-hybridized carbons (Fsp3) is 0.625. The van der Waals surface area contributed by atoms with Crippen LogP contribution in [-0.4, -0.2) is 11.5 Å². The number of allylic oxidation sites excluding steroid dienone is 2. The van der Waals surface area contributed by atoms with E-state index in [0.29, 0.717) is 5.92 Å². The molecule has 1 atom stereocenters. The topological polar surface area (TPSA) is 12.0 Å². The van der Waals surface area contributed by atoms with Crippen molar-refractivity contribution in [2.24, 2.45) is 5.92 Å². The van der Waals surface area contributed by atoms with Gasteiger partial charge in [0.1, 0.15) is 0 Å². The van der Waals surface area contributed by atoms with E-state index in [4.69, 9.17) is 12.2 Å². The predicted octanol–water partition coefficient (Wildman–Crippen LogP) is 1.89. The van der Waals surface area contributed by atoms with Gasteiger partial charge in [-0.05, 0) is 19.8 Å². The zero-order valence-corrected chi connectivity index (χ0v) is 7.08. The van der Waals surface area contributed by atoms with Crippen molar-refractivity contribution in [1.29, 1.82) is 0 Å². The Morgan fingerprint density at radius 1 is 1.80 bits per heavy atom. The van der Waals surface area contributed by atoms with Crippen molar-refractivity contribution < 1.29 is 0 Å². The average molecular weight is 155 g/mol. The highest BCUT2D eigenvalue weighted by Crippen LogP contribution is 2.15. The Morgan fingerprint density at radius 2 is 2.60 bits per heavy atom. The van der Waals surface area contributed by atoms with Gasteiger partial charge in [-0.3, -0.25) is 0 Å². The summed E-state index contributed by atoms with van der Waals surface area (Å²) in [4.78, 5) is 1.05. The van der Waals surface area contributed by atoms with Gasteiger partial charge in [0, 0.05) is 12.5 Å². The fourth-order valence-corrected chi connectivity index (χ4v) is 1.49. The first kappa shape index (κ1) is 7.73. The van der Waals surface area contributed by atoms with Gasteiger partial charge in [0.15, 0.2) is 0 Å². The van der Waals surface area contributed by atoms with Crippen LogP contribution in [0.4, 0.5) is 0 Å². The lowest BCUT2D eigenvalue weighted by atomic mass is 10.1. The first-order valence-corrected chi connectivity index (χ1v) is 4.14. The van der Waals surface area contributed by atoms with Crippen molar-refractivity contribution in [2.45, 2.75) is 19.8 Å². The standard InChI is InChI=1S/C8H13NS/c1-2-3-4-7-5-6-9-8(7)10/h2-3,7H,4-6H2,1H3,(H,9,10)/b3-2+. The Labute approximate surface area is 67.5 Å². The Hall–Kier alpha value is -0.370. The smallest absolute Gasteiger partial charge is 0.0788 e. The highest BCUT2D eigenvalue weighted by Gasteiger charge is 2.17. The summed E-state index contributed by atoms with van der Waals surface area (Å²) in [7, 11) is 0. The molecule has 1 aliphatic heterocycles. The molecule has 0 radical (unpaired) electrons. The van der Waals surface area contributed by atoms with E-state index in [-0.39, 0.29) is 0 Å². The molecule has 1 fully saturated rings. The molecule has 0 bridgehead atoms. The van der Waals surface area contributed by atoms with Crippen LogP contribution < -0.4 is 5.32 Å². The second-order valence-corrected chi connectivity index (χ2v) is 3.02. The minimum atomic E-state index is 0.617. The Balaban J connectivity index is 2.33. The van der Waals surface area contributed by atoms with Crippen LogP contribution in [0.3, 0.4) is 0 Å². The second-order valence-electron chi connectivity index (χ2n) is 2.58. The highest BCUT2D eigenvalue weighted by molar-refractivity contribution is 7.80. The van der Waals surface area contributed by atoms with Gasteiger partial charge in [0.05, 0.1) is 4.99 Å². The van der Waals surface area contributed by atoms with Gasteiger partial charge >= 0.3 is 0 Å². The van der Waals surface area contributed by atoms with Crippen LogP contribution >= 0.6 is 12.2 Å². The monoisotopic (exact) mass is 155 g/mol. The summed E-state index contributed by atoms with van der Waals surface area (Å²) in [5, 5.41) is 3.18. The first-order chi connectivity index (χ1) is 4.84. The number of nitrogens with one attached hydrogen (secondary N) is 1. The molecule has 0 aromatic carbocycles. The van der Waals surface area contributed by atoms with Crippen molar-refractivity contribution in [3.8, 4) is 0 Å². The van der Waals surface area contributed by atoms with Gasteiger partial charge in [0.2, 0.25) is 0 Å². The molecule has 1 nitrogen and oxygen atoms in total. The van der Waals surface area contributed by atoms with Gasteiger partial charge in [-0.15, -0.1) is 0 Å². The van der Waals surface area contributed by atoms with Crippen LogP contribution in [0.15, 0.2) is 12.2 Å². The number of thiocarbonyl (C=S) groups is 1. The molecule has 1 N–H and O–H groups in total. The lowest BCUT2D eigenvalue weighted by molar-refractivity contribution is 0.701. The van der Waals surface area contributed by atoms with Crippen molar-refractivity contribution in [2.75, 3.05) is 6.54 Å². The van der Waals surface area contributed by atoms with Crippen LogP contribution in [0.25, 0.3) is 0 Å². The van der Waals surface area contributed by atoms with E-state index < -0.39 is 0 Å². The third-order valence-electron chi connectivity index (χ3n) is 1.82. The lowest BCUT2D eigenvalue weighted by Gasteiger charge is -2.02. The third kappa shape index (κ3) is 1.81. The van der Waals surface area contributed by atoms with E-state index in [1.165, 1.54) is 6.42 Å². The van der Waals surface area contributed by atoms with Gasteiger partial charge in [0.25, 0.3) is 0 Å². The van der Waals surface area contributed by atoms with Crippen LogP contribution in [-0.2, 0) is 0 Å². The second kappa shape index (κ2) is 3.71. The molecule has 2 heteroatoms. The molecular weight excluding hydrogens is 142 g/mol. The summed E-state index contributed by atoms with van der Waals surface area (Å²) in [6.45, 7) is 3.12. The summed E-state index contributed by atoms with van der Waals surface area (Å²) in [6.07, 6.45) is 6.59. The Morgan fingerprint density at radius 3 is 3.10 bits per heavy atom. The lowest BCUT2D eigenvalue weighted by Crippen LogP contribution is -2.16. The normalized spacial score (nSPS) is 25.7. The molecule has 0 amide bonds. The maximum atomic E-state index is 5.11. The molecule has 0 aromatic rings. The van der Waals surface area contributed by atoms with E-state index >= 15 is 0 Å². The van der Waals surface area contributed by atoms with Gasteiger partial charge < -0.3 is 5.32 Å². The van der Waals surface area contributed by atoms with Crippen LogP contribution in [0.1, 0.15) is 19.8 Å². The Bertz CT molecular complexity index is 151. The molecule has 0 spiro atoms. The molecule has 1 unspecified atom stereocenters. The molecule has 1 aliphatic rings. The molecule has 10 heavy (non-hydrogen) atoms. The molecule has 1 saturated heterocycles. The number of rotatable bonds is 2. The SMILES string of the molecule is C/C=C/CC1CCNC1=S. The van der Waals surface area contributed by atoms with Gasteiger partial charge in [-0.1, -0.05) is 24.4 Å². The predicted molar refractivity (Wildman–Crippen MR) is 48.1 cm³/mol. The highest BCUT2D eigenvalue weighted by atomic mass is 32.1. The zero-order chi connectivity index (χ0) is 7.40. The number of hydrogen-bond donors (Lipinski definition) is 1. The van der Waals surface area contributed by atoms with E-state index in [2.05, 4.69) is 17.5 Å². The van der Waals surface area contributed by atoms with Crippen molar-refractivity contribution in [3.05, 3.63) is 12.2 Å². The van der Waals surface area contributed by atoms with Gasteiger partial charge in [-0.25, -0.2) is 0 Å². The summed E-state index contributed by atoms with van der Waals surface area (Å²) in [5.74, 6) is 0.617. The molecule has 56 valence electrons. The molecule has 1 heterocycles. The first-order valence-electron chi connectivity index (χ1n) is 3.73. The summed E-state index contributed by atoms with van der Waals surface area (Å²) in [6, 6.07) is 0. The maximum Gasteiger partial charge on any atom is 0.0788 e. The van der Waals surface area contributed by atoms with Crippen LogP contribution in [0.2, 0.25) is 0 Å². The molecular formula is C8H13NS. The largest absolute Gasteiger partial charge is 0.379 e. The van der Waals surface area contributed by atoms with Crippen molar-refractivity contribution in [3.63, 3.8) is 0 Å². The summed E-state index contributed by atoms with van der Waals surface area (Å²) < 4.78 is 0. The van der Waals surface area contributed by atoms with E-state index in [1.54, 1.807) is 0 Å². The minimum absolute atomic E-state index is 0.617. The number of hydrogen-bond acceptors (Lipinski definition) is 1. The Kier molecular flexibility index (Phi) is 2.87. The fourth-order valence-electron chi connectivity index (χ4n) is 1.17.